The first-order valence-electron chi connectivity index (χ1n) is 8.74. The summed E-state index contributed by atoms with van der Waals surface area (Å²) in [4.78, 5) is 15.6. The molecular formula is C18H22N6OS. The van der Waals surface area contributed by atoms with E-state index in [-0.39, 0.29) is 0 Å². The number of fused-ring (bicyclic) bond motifs is 1. The summed E-state index contributed by atoms with van der Waals surface area (Å²) in [6, 6.07) is 6.26. The molecule has 0 aliphatic carbocycles. The highest BCUT2D eigenvalue weighted by Gasteiger charge is 2.23. The van der Waals surface area contributed by atoms with Crippen LogP contribution in [0.1, 0.15) is 26.2 Å². The number of hydrogen-bond donors (Lipinski definition) is 2. The van der Waals surface area contributed by atoms with Gasteiger partial charge in [-0.15, -0.1) is 0 Å². The van der Waals surface area contributed by atoms with Gasteiger partial charge in [0.05, 0.1) is 17.3 Å². The molecule has 0 radical (unpaired) electrons. The monoisotopic (exact) mass is 370 g/mol. The number of nitrogen functional groups attached to an aromatic ring is 1. The third kappa shape index (κ3) is 3.12. The van der Waals surface area contributed by atoms with E-state index in [4.69, 9.17) is 10.5 Å². The number of piperidine rings is 1. The van der Waals surface area contributed by atoms with Gasteiger partial charge in [0.15, 0.2) is 16.8 Å². The standard InChI is InChI=1S/C18H22N6OS/c1-11-5-3-4-8-24(11)17-15(19)16(20-10-21-17)23-18-22-13-7-6-12(25-2)9-14(13)26-18/h6-7,9-11H,3-5,8,19H2,1-2H3,(H,20,21,22,23). The Morgan fingerprint density at radius 1 is 1.31 bits per heavy atom. The smallest absolute Gasteiger partial charge is 0.189 e. The third-order valence-corrected chi connectivity index (χ3v) is 5.69. The van der Waals surface area contributed by atoms with E-state index in [1.807, 2.05) is 18.2 Å². The van der Waals surface area contributed by atoms with Gasteiger partial charge in [-0.1, -0.05) is 11.3 Å². The van der Waals surface area contributed by atoms with Crippen LogP contribution in [-0.4, -0.2) is 34.6 Å². The Kier molecular flexibility index (Phi) is 4.50. The predicted octanol–water partition coefficient (Wildman–Crippen LogP) is 3.80. The fourth-order valence-corrected chi connectivity index (χ4v) is 4.21. The van der Waals surface area contributed by atoms with Crippen LogP contribution in [-0.2, 0) is 0 Å². The Bertz CT molecular complexity index is 927. The topological polar surface area (TPSA) is 89.2 Å². The minimum Gasteiger partial charge on any atom is -0.497 e. The van der Waals surface area contributed by atoms with Gasteiger partial charge in [-0.2, -0.15) is 0 Å². The van der Waals surface area contributed by atoms with E-state index >= 15 is 0 Å². The van der Waals surface area contributed by atoms with E-state index in [0.717, 1.165) is 46.3 Å². The number of anilines is 4. The van der Waals surface area contributed by atoms with Crippen LogP contribution in [0, 0.1) is 0 Å². The van der Waals surface area contributed by atoms with Crippen molar-refractivity contribution in [3.63, 3.8) is 0 Å². The van der Waals surface area contributed by atoms with Crippen molar-refractivity contribution in [3.05, 3.63) is 24.5 Å². The van der Waals surface area contributed by atoms with Crippen molar-refractivity contribution in [2.45, 2.75) is 32.2 Å². The van der Waals surface area contributed by atoms with Crippen LogP contribution >= 0.6 is 11.3 Å². The number of methoxy groups -OCH3 is 1. The Morgan fingerprint density at radius 2 is 2.19 bits per heavy atom. The molecule has 1 fully saturated rings. The highest BCUT2D eigenvalue weighted by atomic mass is 32.1. The van der Waals surface area contributed by atoms with E-state index in [2.05, 4.69) is 32.1 Å². The maximum Gasteiger partial charge on any atom is 0.189 e. The maximum absolute atomic E-state index is 6.39. The summed E-state index contributed by atoms with van der Waals surface area (Å²) < 4.78 is 6.32. The SMILES string of the molecule is COc1ccc2nc(Nc3ncnc(N4CCCCC4C)c3N)sc2c1. The van der Waals surface area contributed by atoms with Gasteiger partial charge < -0.3 is 20.7 Å². The lowest BCUT2D eigenvalue weighted by Gasteiger charge is -2.35. The first-order chi connectivity index (χ1) is 12.7. The second-order valence-electron chi connectivity index (χ2n) is 6.48. The minimum atomic E-state index is 0.434. The Balaban J connectivity index is 1.63. The summed E-state index contributed by atoms with van der Waals surface area (Å²) in [7, 11) is 1.66. The number of rotatable bonds is 4. The van der Waals surface area contributed by atoms with Crippen LogP contribution in [0.4, 0.5) is 22.5 Å². The van der Waals surface area contributed by atoms with E-state index in [9.17, 15) is 0 Å². The van der Waals surface area contributed by atoms with Gasteiger partial charge >= 0.3 is 0 Å². The summed E-state index contributed by atoms with van der Waals surface area (Å²) in [6.07, 6.45) is 5.14. The van der Waals surface area contributed by atoms with Crippen LogP contribution in [0.25, 0.3) is 10.2 Å². The molecule has 1 saturated heterocycles. The van der Waals surface area contributed by atoms with Crippen LogP contribution < -0.4 is 20.7 Å². The predicted molar refractivity (Wildman–Crippen MR) is 107 cm³/mol. The zero-order valence-corrected chi connectivity index (χ0v) is 15.7. The van der Waals surface area contributed by atoms with Crippen molar-refractivity contribution in [1.29, 1.82) is 0 Å². The average Bonchev–Trinajstić information content (AvgIpc) is 3.05. The molecule has 0 bridgehead atoms. The highest BCUT2D eigenvalue weighted by Crippen LogP contribution is 2.35. The summed E-state index contributed by atoms with van der Waals surface area (Å²) in [6.45, 7) is 3.19. The molecule has 4 rings (SSSR count). The van der Waals surface area contributed by atoms with Crippen LogP contribution in [0.3, 0.4) is 0 Å². The van der Waals surface area contributed by atoms with Gasteiger partial charge in [0.25, 0.3) is 0 Å². The lowest BCUT2D eigenvalue weighted by atomic mass is 10.0. The lowest BCUT2D eigenvalue weighted by Crippen LogP contribution is -2.38. The van der Waals surface area contributed by atoms with Crippen molar-refractivity contribution in [3.8, 4) is 5.75 Å². The number of nitrogens with zero attached hydrogens (tertiary/aromatic N) is 4. The summed E-state index contributed by atoms with van der Waals surface area (Å²) in [5.74, 6) is 2.21. The Labute approximate surface area is 156 Å². The zero-order valence-electron chi connectivity index (χ0n) is 14.9. The number of nitrogens with two attached hydrogens (primary N) is 1. The first-order valence-corrected chi connectivity index (χ1v) is 9.56. The second kappa shape index (κ2) is 6.95. The molecular weight excluding hydrogens is 348 g/mol. The first kappa shape index (κ1) is 16.8. The molecule has 26 heavy (non-hydrogen) atoms. The number of benzene rings is 1. The molecule has 1 unspecified atom stereocenters. The number of thiazole rings is 1. The molecule has 2 aromatic heterocycles. The molecule has 0 spiro atoms. The fraction of sp³-hybridized carbons (Fsp3) is 0.389. The number of ether oxygens (including phenoxy) is 1. The van der Waals surface area contributed by atoms with Crippen molar-refractivity contribution in [1.82, 2.24) is 15.0 Å². The fourth-order valence-electron chi connectivity index (χ4n) is 3.31. The molecule has 3 aromatic rings. The Morgan fingerprint density at radius 3 is 3.00 bits per heavy atom. The lowest BCUT2D eigenvalue weighted by molar-refractivity contribution is 0.415. The number of aromatic nitrogens is 3. The average molecular weight is 370 g/mol. The van der Waals surface area contributed by atoms with Crippen molar-refractivity contribution >= 4 is 44.0 Å². The number of nitrogens with one attached hydrogen (secondary N) is 1. The quantitative estimate of drug-likeness (QED) is 0.722. The molecule has 3 heterocycles. The van der Waals surface area contributed by atoms with Gasteiger partial charge in [-0.05, 0) is 44.4 Å². The second-order valence-corrected chi connectivity index (χ2v) is 7.51. The maximum atomic E-state index is 6.39. The molecule has 1 aliphatic rings. The molecule has 136 valence electrons. The molecule has 8 heteroatoms. The summed E-state index contributed by atoms with van der Waals surface area (Å²) >= 11 is 1.54. The zero-order chi connectivity index (χ0) is 18.1. The van der Waals surface area contributed by atoms with Crippen LogP contribution in [0.2, 0.25) is 0 Å². The number of hydrogen-bond acceptors (Lipinski definition) is 8. The van der Waals surface area contributed by atoms with Crippen LogP contribution in [0.5, 0.6) is 5.75 Å². The molecule has 7 nitrogen and oxygen atoms in total. The Hall–Kier alpha value is -2.61. The van der Waals surface area contributed by atoms with E-state index in [1.165, 1.54) is 6.42 Å². The molecule has 3 N–H and O–H groups in total. The van der Waals surface area contributed by atoms with Gasteiger partial charge in [0, 0.05) is 12.6 Å². The minimum absolute atomic E-state index is 0.434. The molecule has 1 atom stereocenters. The molecule has 1 aliphatic heterocycles. The normalized spacial score (nSPS) is 17.5. The largest absolute Gasteiger partial charge is 0.497 e. The van der Waals surface area contributed by atoms with E-state index in [1.54, 1.807) is 24.8 Å². The van der Waals surface area contributed by atoms with Gasteiger partial charge in [0.1, 0.15) is 17.8 Å². The summed E-state index contributed by atoms with van der Waals surface area (Å²) in [5, 5.41) is 4.00. The van der Waals surface area contributed by atoms with Gasteiger partial charge in [-0.3, -0.25) is 0 Å². The van der Waals surface area contributed by atoms with Crippen molar-refractivity contribution < 1.29 is 4.74 Å². The molecule has 0 amide bonds. The van der Waals surface area contributed by atoms with Crippen molar-refractivity contribution in [2.24, 2.45) is 0 Å². The third-order valence-electron chi connectivity index (χ3n) is 4.76. The molecule has 1 aromatic carbocycles. The highest BCUT2D eigenvalue weighted by molar-refractivity contribution is 7.22. The van der Waals surface area contributed by atoms with Gasteiger partial charge in [0.2, 0.25) is 0 Å². The van der Waals surface area contributed by atoms with Gasteiger partial charge in [-0.25, -0.2) is 15.0 Å². The van der Waals surface area contributed by atoms with E-state index < -0.39 is 0 Å². The van der Waals surface area contributed by atoms with Crippen molar-refractivity contribution in [2.75, 3.05) is 29.6 Å². The van der Waals surface area contributed by atoms with E-state index in [0.29, 0.717) is 17.5 Å². The molecule has 0 saturated carbocycles. The summed E-state index contributed by atoms with van der Waals surface area (Å²) in [5.41, 5.74) is 7.87. The van der Waals surface area contributed by atoms with Crippen LogP contribution in [0.15, 0.2) is 24.5 Å².